The predicted octanol–water partition coefficient (Wildman–Crippen LogP) is 1.88. The van der Waals surface area contributed by atoms with Crippen molar-refractivity contribution in [3.63, 3.8) is 0 Å². The molecule has 0 aromatic carbocycles. The Labute approximate surface area is 178 Å². The van der Waals surface area contributed by atoms with Crippen LogP contribution >= 0.6 is 0 Å². The summed E-state index contributed by atoms with van der Waals surface area (Å²) >= 11 is 0. The number of aromatic nitrogens is 7. The number of H-pyrrole nitrogens is 1. The van der Waals surface area contributed by atoms with Gasteiger partial charge in [0, 0.05) is 37.2 Å². The molecule has 4 aromatic rings. The Hall–Kier alpha value is -3.55. The lowest BCUT2D eigenvalue weighted by molar-refractivity contribution is 0.276. The van der Waals surface area contributed by atoms with E-state index in [0.717, 1.165) is 36.4 Å². The molecule has 1 aliphatic heterocycles. The maximum absolute atomic E-state index is 9.33. The van der Waals surface area contributed by atoms with Crippen LogP contribution in [0.2, 0.25) is 0 Å². The smallest absolute Gasteiger partial charge is 0.112 e. The standard InChI is InChI=1S/C21H23N9O/c1-2-28-9-14(3-5-22)20(12-28)29-10-15(8-24-29)21-19-4-6-23-30(19)11-18(25-21)17-7-16(13-31)26-27-17/h4,6-8,10-11,14,20,31H,2-3,9,12-13H2,1H3,(H,26,27). The van der Waals surface area contributed by atoms with Gasteiger partial charge in [0.15, 0.2) is 0 Å². The lowest BCUT2D eigenvalue weighted by Gasteiger charge is -2.16. The van der Waals surface area contributed by atoms with Gasteiger partial charge < -0.3 is 10.0 Å². The zero-order chi connectivity index (χ0) is 21.4. The first-order valence-corrected chi connectivity index (χ1v) is 10.3. The molecule has 5 rings (SSSR count). The second kappa shape index (κ2) is 7.94. The predicted molar refractivity (Wildman–Crippen MR) is 113 cm³/mol. The Morgan fingerprint density at radius 3 is 2.94 bits per heavy atom. The first-order chi connectivity index (χ1) is 15.2. The Morgan fingerprint density at radius 2 is 2.16 bits per heavy atom. The largest absolute Gasteiger partial charge is 0.390 e. The average Bonchev–Trinajstić information content (AvgIpc) is 3.58. The third kappa shape index (κ3) is 3.48. The monoisotopic (exact) mass is 417 g/mol. The van der Waals surface area contributed by atoms with Gasteiger partial charge in [-0.3, -0.25) is 9.78 Å². The second-order valence-electron chi connectivity index (χ2n) is 7.82. The van der Waals surface area contributed by atoms with Gasteiger partial charge in [-0.1, -0.05) is 6.92 Å². The van der Waals surface area contributed by atoms with Gasteiger partial charge >= 0.3 is 0 Å². The van der Waals surface area contributed by atoms with Crippen molar-refractivity contribution in [2.45, 2.75) is 26.0 Å². The van der Waals surface area contributed by atoms with Crippen molar-refractivity contribution >= 4 is 5.52 Å². The molecule has 0 saturated carbocycles. The van der Waals surface area contributed by atoms with Gasteiger partial charge in [0.2, 0.25) is 0 Å². The molecule has 2 unspecified atom stereocenters. The zero-order valence-electron chi connectivity index (χ0n) is 17.2. The molecule has 0 bridgehead atoms. The van der Waals surface area contributed by atoms with E-state index in [0.29, 0.717) is 23.5 Å². The fourth-order valence-electron chi connectivity index (χ4n) is 4.30. The summed E-state index contributed by atoms with van der Waals surface area (Å²) in [5.74, 6) is 0.257. The molecule has 1 fully saturated rings. The number of likely N-dealkylation sites (tertiary alicyclic amines) is 1. The number of aliphatic hydroxyl groups is 1. The van der Waals surface area contributed by atoms with Crippen LogP contribution in [0.5, 0.6) is 0 Å². The normalized spacial score (nSPS) is 19.3. The number of aromatic amines is 1. The van der Waals surface area contributed by atoms with E-state index in [4.69, 9.17) is 4.98 Å². The fourth-order valence-corrected chi connectivity index (χ4v) is 4.30. The fraction of sp³-hybridized carbons (Fsp3) is 0.381. The minimum atomic E-state index is -0.114. The van der Waals surface area contributed by atoms with E-state index >= 15 is 0 Å². The van der Waals surface area contributed by atoms with E-state index in [9.17, 15) is 10.4 Å². The van der Waals surface area contributed by atoms with Gasteiger partial charge in [0.05, 0.1) is 54.2 Å². The lowest BCUT2D eigenvalue weighted by Crippen LogP contribution is -2.21. The van der Waals surface area contributed by atoms with Crippen LogP contribution in [-0.2, 0) is 6.61 Å². The van der Waals surface area contributed by atoms with Crippen LogP contribution in [0, 0.1) is 17.2 Å². The first-order valence-electron chi connectivity index (χ1n) is 10.3. The van der Waals surface area contributed by atoms with E-state index in [2.05, 4.69) is 38.3 Å². The molecule has 0 aliphatic carbocycles. The Kier molecular flexibility index (Phi) is 4.97. The number of rotatable bonds is 6. The quantitative estimate of drug-likeness (QED) is 0.491. The molecule has 0 amide bonds. The van der Waals surface area contributed by atoms with Gasteiger partial charge in [-0.25, -0.2) is 9.50 Å². The third-order valence-corrected chi connectivity index (χ3v) is 5.95. The Morgan fingerprint density at radius 1 is 1.26 bits per heavy atom. The number of hydrogen-bond donors (Lipinski definition) is 2. The SMILES string of the molecule is CCN1CC(CC#N)C(n2cc(-c3nc(-c4cc(CO)[nH]n4)cn4nccc34)cn2)C1. The number of nitrogens with one attached hydrogen (secondary N) is 1. The molecule has 2 N–H and O–H groups in total. The number of aliphatic hydroxyl groups excluding tert-OH is 1. The van der Waals surface area contributed by atoms with Crippen molar-refractivity contribution in [2.24, 2.45) is 5.92 Å². The summed E-state index contributed by atoms with van der Waals surface area (Å²) in [7, 11) is 0. The highest BCUT2D eigenvalue weighted by atomic mass is 16.3. The molecule has 10 nitrogen and oxygen atoms in total. The summed E-state index contributed by atoms with van der Waals surface area (Å²) in [6.07, 6.45) is 7.90. The van der Waals surface area contributed by atoms with Crippen LogP contribution in [0.1, 0.15) is 25.1 Å². The molecular formula is C21H23N9O. The van der Waals surface area contributed by atoms with Crippen LogP contribution in [0.25, 0.3) is 28.2 Å². The van der Waals surface area contributed by atoms with Crippen molar-refractivity contribution in [2.75, 3.05) is 19.6 Å². The number of hydrogen-bond acceptors (Lipinski definition) is 7. The van der Waals surface area contributed by atoms with Crippen molar-refractivity contribution in [1.29, 1.82) is 5.26 Å². The Balaban J connectivity index is 1.54. The molecular weight excluding hydrogens is 394 g/mol. The van der Waals surface area contributed by atoms with E-state index in [-0.39, 0.29) is 18.6 Å². The number of nitrogens with zero attached hydrogens (tertiary/aromatic N) is 8. The molecule has 0 spiro atoms. The first kappa shape index (κ1) is 19.4. The minimum Gasteiger partial charge on any atom is -0.390 e. The van der Waals surface area contributed by atoms with Crippen molar-refractivity contribution < 1.29 is 5.11 Å². The number of nitriles is 1. The molecule has 4 aromatic heterocycles. The summed E-state index contributed by atoms with van der Waals surface area (Å²) in [4.78, 5) is 7.21. The second-order valence-corrected chi connectivity index (χ2v) is 7.82. The summed E-state index contributed by atoms with van der Waals surface area (Å²) in [6, 6.07) is 6.18. The molecule has 2 atom stereocenters. The van der Waals surface area contributed by atoms with Gasteiger partial charge in [0.25, 0.3) is 0 Å². The van der Waals surface area contributed by atoms with Crippen LogP contribution in [0.15, 0.2) is 36.9 Å². The van der Waals surface area contributed by atoms with Gasteiger partial charge in [-0.2, -0.15) is 20.6 Å². The van der Waals surface area contributed by atoms with Gasteiger partial charge in [0.1, 0.15) is 11.4 Å². The molecule has 5 heterocycles. The summed E-state index contributed by atoms with van der Waals surface area (Å²) in [6.45, 7) is 4.79. The molecule has 1 saturated heterocycles. The maximum atomic E-state index is 9.33. The van der Waals surface area contributed by atoms with Crippen molar-refractivity contribution in [3.8, 4) is 28.7 Å². The highest BCUT2D eigenvalue weighted by Gasteiger charge is 2.33. The van der Waals surface area contributed by atoms with Crippen LogP contribution in [0.4, 0.5) is 0 Å². The lowest BCUT2D eigenvalue weighted by atomic mass is 10.0. The summed E-state index contributed by atoms with van der Waals surface area (Å²) < 4.78 is 3.75. The molecule has 1 aliphatic rings. The number of likely N-dealkylation sites (N-methyl/N-ethyl adjacent to an activating group) is 1. The van der Waals surface area contributed by atoms with Crippen LogP contribution in [-0.4, -0.2) is 64.2 Å². The summed E-state index contributed by atoms with van der Waals surface area (Å²) in [5.41, 5.74) is 4.43. The molecule has 158 valence electrons. The third-order valence-electron chi connectivity index (χ3n) is 5.95. The minimum absolute atomic E-state index is 0.114. The zero-order valence-corrected chi connectivity index (χ0v) is 17.2. The maximum Gasteiger partial charge on any atom is 0.112 e. The highest BCUT2D eigenvalue weighted by molar-refractivity contribution is 5.77. The average molecular weight is 417 g/mol. The van der Waals surface area contributed by atoms with E-state index < -0.39 is 0 Å². The Bertz CT molecular complexity index is 1250. The molecule has 0 radical (unpaired) electrons. The van der Waals surface area contributed by atoms with E-state index in [1.165, 1.54) is 0 Å². The van der Waals surface area contributed by atoms with Crippen molar-refractivity contribution in [3.05, 3.63) is 42.6 Å². The highest BCUT2D eigenvalue weighted by Crippen LogP contribution is 2.32. The molecule has 10 heteroatoms. The van der Waals surface area contributed by atoms with E-state index in [1.54, 1.807) is 16.8 Å². The number of fused-ring (bicyclic) bond motifs is 1. The topological polar surface area (TPSA) is 124 Å². The van der Waals surface area contributed by atoms with Crippen LogP contribution in [0.3, 0.4) is 0 Å². The van der Waals surface area contributed by atoms with Gasteiger partial charge in [-0.15, -0.1) is 0 Å². The van der Waals surface area contributed by atoms with E-state index in [1.807, 2.05) is 29.3 Å². The van der Waals surface area contributed by atoms with Crippen LogP contribution < -0.4 is 0 Å². The molecule has 31 heavy (non-hydrogen) atoms. The summed E-state index contributed by atoms with van der Waals surface area (Å²) in [5, 5.41) is 34.7. The van der Waals surface area contributed by atoms with Gasteiger partial charge in [-0.05, 0) is 18.7 Å². The van der Waals surface area contributed by atoms with Crippen molar-refractivity contribution in [1.82, 2.24) is 39.5 Å².